The van der Waals surface area contributed by atoms with Crippen molar-refractivity contribution in [2.45, 2.75) is 6.92 Å². The maximum Gasteiger partial charge on any atom is 0.124 e. The second-order valence-electron chi connectivity index (χ2n) is 7.96. The predicted molar refractivity (Wildman–Crippen MR) is 140 cm³/mol. The molecule has 0 saturated heterocycles. The van der Waals surface area contributed by atoms with Gasteiger partial charge in [0.2, 0.25) is 0 Å². The summed E-state index contributed by atoms with van der Waals surface area (Å²) in [7, 11) is 5.19. The van der Waals surface area contributed by atoms with E-state index in [0.717, 1.165) is 51.7 Å². The lowest BCUT2D eigenvalue weighted by atomic mass is 10.2. The van der Waals surface area contributed by atoms with E-state index in [9.17, 15) is 0 Å². The normalized spacial score (nSPS) is 11.1. The minimum atomic E-state index is 0.688. The van der Waals surface area contributed by atoms with Gasteiger partial charge in [0.15, 0.2) is 0 Å². The van der Waals surface area contributed by atoms with Gasteiger partial charge in [0, 0.05) is 61.5 Å². The van der Waals surface area contributed by atoms with Crippen molar-refractivity contribution in [1.82, 2.24) is 24.6 Å². The number of aromatic nitrogens is 4. The third-order valence-electron chi connectivity index (χ3n) is 5.64. The van der Waals surface area contributed by atoms with Crippen LogP contribution in [-0.2, 0) is 7.05 Å². The van der Waals surface area contributed by atoms with Crippen molar-refractivity contribution < 1.29 is 9.47 Å². The van der Waals surface area contributed by atoms with E-state index in [1.165, 1.54) is 0 Å². The van der Waals surface area contributed by atoms with Crippen molar-refractivity contribution in [3.8, 4) is 22.8 Å². The molecular formula is C27H30N6O2. The lowest BCUT2D eigenvalue weighted by molar-refractivity contribution is 0.394. The number of hydrogen-bond donors (Lipinski definition) is 0. The smallest absolute Gasteiger partial charge is 0.124 e. The van der Waals surface area contributed by atoms with E-state index in [0.29, 0.717) is 6.54 Å². The highest BCUT2D eigenvalue weighted by Crippen LogP contribution is 2.34. The molecule has 0 aliphatic carbocycles. The molecule has 0 unspecified atom stereocenters. The van der Waals surface area contributed by atoms with Crippen LogP contribution in [0.5, 0.6) is 11.5 Å². The van der Waals surface area contributed by atoms with Crippen LogP contribution >= 0.6 is 0 Å². The monoisotopic (exact) mass is 470 g/mol. The molecule has 180 valence electrons. The Kier molecular flexibility index (Phi) is 7.30. The number of nitrogens with zero attached hydrogens (tertiary/aromatic N) is 6. The molecule has 2 heterocycles. The number of rotatable bonds is 10. The molecule has 0 atom stereocenters. The Labute approximate surface area is 205 Å². The van der Waals surface area contributed by atoms with Crippen molar-refractivity contribution in [1.29, 1.82) is 0 Å². The van der Waals surface area contributed by atoms with Crippen molar-refractivity contribution in [2.75, 3.05) is 32.2 Å². The van der Waals surface area contributed by atoms with E-state index in [2.05, 4.69) is 33.7 Å². The first-order valence-corrected chi connectivity index (χ1v) is 11.3. The predicted octanol–water partition coefficient (Wildman–Crippen LogP) is 5.16. The number of aryl methyl sites for hydroxylation is 1. The van der Waals surface area contributed by atoms with E-state index in [1.807, 2.05) is 67.8 Å². The molecule has 0 amide bonds. The molecule has 2 aromatic carbocycles. The summed E-state index contributed by atoms with van der Waals surface area (Å²) in [4.78, 5) is 13.8. The van der Waals surface area contributed by atoms with Gasteiger partial charge in [-0.3, -0.25) is 9.67 Å². The molecule has 0 aliphatic rings. The summed E-state index contributed by atoms with van der Waals surface area (Å²) in [6.45, 7) is 7.34. The Bertz CT molecular complexity index is 1320. The Morgan fingerprint density at radius 1 is 0.971 bits per heavy atom. The number of anilines is 2. The van der Waals surface area contributed by atoms with Gasteiger partial charge in [0.1, 0.15) is 11.5 Å². The summed E-state index contributed by atoms with van der Waals surface area (Å²) < 4.78 is 12.8. The number of hydrogen-bond acceptors (Lipinski definition) is 7. The first-order valence-electron chi connectivity index (χ1n) is 11.3. The standard InChI is InChI=1S/C27H30N6O2/c1-6-10-32(7-2)11-12-33(22-13-23(34-4)16-24(14-22)35-5)21-8-9-25-26(15-21)30-27(18-28-25)20-17-29-31(3)19-20/h6-10,13-19H,2,11-12H2,1,3-5H3/b10-6-. The summed E-state index contributed by atoms with van der Waals surface area (Å²) in [6, 6.07) is 12.0. The van der Waals surface area contributed by atoms with Crippen molar-refractivity contribution in [3.05, 3.63) is 80.0 Å². The van der Waals surface area contributed by atoms with Crippen molar-refractivity contribution >= 4 is 22.4 Å². The fourth-order valence-electron chi connectivity index (χ4n) is 3.85. The molecule has 4 rings (SSSR count). The van der Waals surface area contributed by atoms with E-state index in [-0.39, 0.29) is 0 Å². The summed E-state index contributed by atoms with van der Waals surface area (Å²) in [6.07, 6.45) is 11.3. The second kappa shape index (κ2) is 10.7. The summed E-state index contributed by atoms with van der Waals surface area (Å²) in [5.74, 6) is 1.44. The third-order valence-corrected chi connectivity index (χ3v) is 5.64. The maximum absolute atomic E-state index is 5.53. The molecule has 0 bridgehead atoms. The average molecular weight is 471 g/mol. The largest absolute Gasteiger partial charge is 0.497 e. The molecular weight excluding hydrogens is 440 g/mol. The van der Waals surface area contributed by atoms with E-state index < -0.39 is 0 Å². The van der Waals surface area contributed by atoms with Crippen LogP contribution in [0, 0.1) is 0 Å². The van der Waals surface area contributed by atoms with Crippen molar-refractivity contribution in [2.24, 2.45) is 7.05 Å². The van der Waals surface area contributed by atoms with Gasteiger partial charge in [-0.2, -0.15) is 5.10 Å². The highest BCUT2D eigenvalue weighted by Gasteiger charge is 2.15. The quantitative estimate of drug-likeness (QED) is 0.317. The van der Waals surface area contributed by atoms with E-state index >= 15 is 0 Å². The van der Waals surface area contributed by atoms with Crippen LogP contribution in [0.15, 0.2) is 80.0 Å². The van der Waals surface area contributed by atoms with Crippen LogP contribution in [0.25, 0.3) is 22.3 Å². The Balaban J connectivity index is 1.78. The second-order valence-corrected chi connectivity index (χ2v) is 7.96. The lowest BCUT2D eigenvalue weighted by Crippen LogP contribution is -2.27. The zero-order chi connectivity index (χ0) is 24.8. The fraction of sp³-hybridized carbons (Fsp3) is 0.222. The van der Waals surface area contributed by atoms with Gasteiger partial charge in [-0.15, -0.1) is 0 Å². The molecule has 35 heavy (non-hydrogen) atoms. The highest BCUT2D eigenvalue weighted by atomic mass is 16.5. The summed E-state index contributed by atoms with van der Waals surface area (Å²) >= 11 is 0. The van der Waals surface area contributed by atoms with Gasteiger partial charge >= 0.3 is 0 Å². The first kappa shape index (κ1) is 23.8. The minimum Gasteiger partial charge on any atom is -0.497 e. The van der Waals surface area contributed by atoms with E-state index in [1.54, 1.807) is 31.3 Å². The van der Waals surface area contributed by atoms with Gasteiger partial charge in [-0.25, -0.2) is 4.98 Å². The molecule has 2 aromatic heterocycles. The van der Waals surface area contributed by atoms with Crippen LogP contribution in [0.1, 0.15) is 6.92 Å². The van der Waals surface area contributed by atoms with Crippen LogP contribution in [0.3, 0.4) is 0 Å². The van der Waals surface area contributed by atoms with Crippen LogP contribution in [-0.4, -0.2) is 52.0 Å². The molecule has 0 aliphatic heterocycles. The molecule has 8 heteroatoms. The fourth-order valence-corrected chi connectivity index (χ4v) is 3.85. The molecule has 0 saturated carbocycles. The SMILES string of the molecule is C=CN(/C=C\C)CCN(c1cc(OC)cc(OC)c1)c1ccc2ncc(-c3cnn(C)c3)nc2c1. The number of benzene rings is 2. The summed E-state index contributed by atoms with van der Waals surface area (Å²) in [5.41, 5.74) is 5.26. The van der Waals surface area contributed by atoms with Crippen LogP contribution in [0.2, 0.25) is 0 Å². The van der Waals surface area contributed by atoms with Crippen LogP contribution in [0.4, 0.5) is 11.4 Å². The highest BCUT2D eigenvalue weighted by molar-refractivity contribution is 5.82. The molecule has 4 aromatic rings. The summed E-state index contributed by atoms with van der Waals surface area (Å²) in [5, 5.41) is 4.25. The van der Waals surface area contributed by atoms with Gasteiger partial charge in [-0.1, -0.05) is 12.7 Å². The number of ether oxygens (including phenoxy) is 2. The first-order chi connectivity index (χ1) is 17.0. The van der Waals surface area contributed by atoms with Gasteiger partial charge < -0.3 is 19.3 Å². The Morgan fingerprint density at radius 3 is 2.37 bits per heavy atom. The number of fused-ring (bicyclic) bond motifs is 1. The van der Waals surface area contributed by atoms with E-state index in [4.69, 9.17) is 14.5 Å². The Hall–Kier alpha value is -4.33. The number of methoxy groups -OCH3 is 2. The zero-order valence-electron chi connectivity index (χ0n) is 20.5. The maximum atomic E-state index is 5.53. The number of allylic oxidation sites excluding steroid dienone is 1. The lowest BCUT2D eigenvalue weighted by Gasteiger charge is -2.28. The van der Waals surface area contributed by atoms with Crippen LogP contribution < -0.4 is 14.4 Å². The van der Waals surface area contributed by atoms with Crippen molar-refractivity contribution in [3.63, 3.8) is 0 Å². The van der Waals surface area contributed by atoms with Gasteiger partial charge in [0.05, 0.1) is 43.3 Å². The molecule has 8 nitrogen and oxygen atoms in total. The average Bonchev–Trinajstić information content (AvgIpc) is 3.33. The molecule has 0 fully saturated rings. The zero-order valence-corrected chi connectivity index (χ0v) is 20.5. The molecule has 0 spiro atoms. The topological polar surface area (TPSA) is 68.5 Å². The van der Waals surface area contributed by atoms with Gasteiger partial charge in [0.25, 0.3) is 0 Å². The molecule has 0 radical (unpaired) electrons. The van der Waals surface area contributed by atoms with Gasteiger partial charge in [-0.05, 0) is 37.5 Å². The minimum absolute atomic E-state index is 0.688. The Morgan fingerprint density at radius 2 is 1.74 bits per heavy atom. The molecule has 0 N–H and O–H groups in total. The third kappa shape index (κ3) is 5.43.